The van der Waals surface area contributed by atoms with Gasteiger partial charge in [0.25, 0.3) is 0 Å². The minimum Gasteiger partial charge on any atom is -0.379 e. The standard InChI is InChI=1S/C21H22N6O2/c28-21(15-7-17(8-15)27-3-5-29-6-4-27)26-20-10-14-9-18(19-13-22-1-2-23-19)24-11-16(14)12-25-20/h1-2,9-13,15,17H,3-8H2,(H,25,26,28). The second-order valence-electron chi connectivity index (χ2n) is 7.54. The maximum absolute atomic E-state index is 12.6. The number of hydrogen-bond acceptors (Lipinski definition) is 7. The smallest absolute Gasteiger partial charge is 0.228 e. The number of rotatable bonds is 4. The highest BCUT2D eigenvalue weighted by atomic mass is 16.5. The number of amides is 1. The second-order valence-corrected chi connectivity index (χ2v) is 7.54. The first-order chi connectivity index (χ1) is 14.3. The molecule has 8 nitrogen and oxygen atoms in total. The molecular formula is C21H22N6O2. The first kappa shape index (κ1) is 18.1. The zero-order valence-corrected chi connectivity index (χ0v) is 16.0. The highest BCUT2D eigenvalue weighted by Gasteiger charge is 2.38. The predicted molar refractivity (Wildman–Crippen MR) is 108 cm³/mol. The Labute approximate surface area is 168 Å². The van der Waals surface area contributed by atoms with Crippen LogP contribution in [-0.4, -0.2) is 63.1 Å². The highest BCUT2D eigenvalue weighted by molar-refractivity contribution is 5.95. The van der Waals surface area contributed by atoms with Gasteiger partial charge < -0.3 is 10.1 Å². The molecule has 0 atom stereocenters. The lowest BCUT2D eigenvalue weighted by atomic mass is 9.78. The van der Waals surface area contributed by atoms with Crippen molar-refractivity contribution in [3.8, 4) is 11.4 Å². The monoisotopic (exact) mass is 390 g/mol. The number of aromatic nitrogens is 4. The van der Waals surface area contributed by atoms with E-state index >= 15 is 0 Å². The van der Waals surface area contributed by atoms with Gasteiger partial charge in [0, 0.05) is 55.2 Å². The minimum absolute atomic E-state index is 0.0459. The quantitative estimate of drug-likeness (QED) is 0.729. The Hall–Kier alpha value is -2.97. The normalized spacial score (nSPS) is 22.2. The van der Waals surface area contributed by atoms with Crippen molar-refractivity contribution >= 4 is 22.5 Å². The number of morpholine rings is 1. The van der Waals surface area contributed by atoms with E-state index < -0.39 is 0 Å². The molecular weight excluding hydrogens is 368 g/mol. The van der Waals surface area contributed by atoms with E-state index in [1.807, 2.05) is 12.1 Å². The van der Waals surface area contributed by atoms with E-state index in [4.69, 9.17) is 4.74 Å². The van der Waals surface area contributed by atoms with Gasteiger partial charge in [0.15, 0.2) is 0 Å². The Bertz CT molecular complexity index is 1020. The number of nitrogens with one attached hydrogen (secondary N) is 1. The third kappa shape index (κ3) is 3.81. The molecule has 8 heteroatoms. The van der Waals surface area contributed by atoms with Gasteiger partial charge in [-0.1, -0.05) is 0 Å². The molecule has 0 unspecified atom stereocenters. The van der Waals surface area contributed by atoms with Gasteiger partial charge >= 0.3 is 0 Å². The topological polar surface area (TPSA) is 93.1 Å². The van der Waals surface area contributed by atoms with Gasteiger partial charge in [-0.05, 0) is 30.4 Å². The van der Waals surface area contributed by atoms with Crippen LogP contribution in [0.3, 0.4) is 0 Å². The van der Waals surface area contributed by atoms with Gasteiger partial charge in [-0.2, -0.15) is 0 Å². The second kappa shape index (κ2) is 7.81. The van der Waals surface area contributed by atoms with Crippen LogP contribution in [0.25, 0.3) is 22.2 Å². The third-order valence-corrected chi connectivity index (χ3v) is 5.73. The van der Waals surface area contributed by atoms with E-state index in [9.17, 15) is 4.79 Å². The van der Waals surface area contributed by atoms with Crippen LogP contribution in [0, 0.1) is 5.92 Å². The zero-order valence-electron chi connectivity index (χ0n) is 16.0. The fourth-order valence-corrected chi connectivity index (χ4v) is 3.95. The number of nitrogens with zero attached hydrogens (tertiary/aromatic N) is 5. The van der Waals surface area contributed by atoms with Crippen molar-refractivity contribution < 1.29 is 9.53 Å². The summed E-state index contributed by atoms with van der Waals surface area (Å²) in [5, 5.41) is 4.84. The van der Waals surface area contributed by atoms with Gasteiger partial charge in [-0.3, -0.25) is 24.6 Å². The van der Waals surface area contributed by atoms with Gasteiger partial charge in [0.05, 0.1) is 25.1 Å². The third-order valence-electron chi connectivity index (χ3n) is 5.73. The maximum atomic E-state index is 12.6. The minimum atomic E-state index is 0.0459. The molecule has 148 valence electrons. The van der Waals surface area contributed by atoms with E-state index in [-0.39, 0.29) is 11.8 Å². The molecule has 1 saturated heterocycles. The fraction of sp³-hybridized carbons (Fsp3) is 0.381. The van der Waals surface area contributed by atoms with Crippen LogP contribution in [0.5, 0.6) is 0 Å². The summed E-state index contributed by atoms with van der Waals surface area (Å²) in [5.74, 6) is 0.658. The molecule has 0 bridgehead atoms. The molecule has 0 aromatic carbocycles. The summed E-state index contributed by atoms with van der Waals surface area (Å²) in [6.07, 6.45) is 10.3. The van der Waals surface area contributed by atoms with Crippen molar-refractivity contribution in [1.82, 2.24) is 24.8 Å². The number of ether oxygens (including phenoxy) is 1. The fourth-order valence-electron chi connectivity index (χ4n) is 3.95. The summed E-state index contributed by atoms with van der Waals surface area (Å²) in [7, 11) is 0. The first-order valence-electron chi connectivity index (χ1n) is 9.91. The molecule has 3 aromatic rings. The van der Waals surface area contributed by atoms with Crippen molar-refractivity contribution in [2.75, 3.05) is 31.6 Å². The maximum Gasteiger partial charge on any atom is 0.228 e. The van der Waals surface area contributed by atoms with E-state index in [0.29, 0.717) is 17.6 Å². The average Bonchev–Trinajstić information content (AvgIpc) is 2.73. The van der Waals surface area contributed by atoms with Gasteiger partial charge in [-0.15, -0.1) is 0 Å². The van der Waals surface area contributed by atoms with Crippen LogP contribution in [0.4, 0.5) is 5.82 Å². The van der Waals surface area contributed by atoms with Crippen LogP contribution >= 0.6 is 0 Å². The zero-order chi connectivity index (χ0) is 19.6. The highest BCUT2D eigenvalue weighted by Crippen LogP contribution is 2.33. The van der Waals surface area contributed by atoms with Crippen LogP contribution in [0.15, 0.2) is 43.1 Å². The molecule has 1 N–H and O–H groups in total. The van der Waals surface area contributed by atoms with Crippen LogP contribution in [-0.2, 0) is 9.53 Å². The Kier molecular flexibility index (Phi) is 4.87. The van der Waals surface area contributed by atoms with Crippen molar-refractivity contribution in [1.29, 1.82) is 0 Å². The lowest BCUT2D eigenvalue weighted by Crippen LogP contribution is -2.52. The van der Waals surface area contributed by atoms with Crippen LogP contribution < -0.4 is 5.32 Å². The molecule has 2 aliphatic rings. The predicted octanol–water partition coefficient (Wildman–Crippen LogP) is 2.14. The molecule has 29 heavy (non-hydrogen) atoms. The van der Waals surface area contributed by atoms with E-state index in [1.54, 1.807) is 31.0 Å². The molecule has 4 heterocycles. The Morgan fingerprint density at radius 3 is 2.59 bits per heavy atom. The summed E-state index contributed by atoms with van der Waals surface area (Å²) >= 11 is 0. The molecule has 3 aromatic heterocycles. The van der Waals surface area contributed by atoms with Crippen LogP contribution in [0.2, 0.25) is 0 Å². The molecule has 2 fully saturated rings. The average molecular weight is 390 g/mol. The van der Waals surface area contributed by atoms with Crippen LogP contribution in [0.1, 0.15) is 12.8 Å². The molecule has 5 rings (SSSR count). The van der Waals surface area contributed by atoms with Gasteiger partial charge in [0.2, 0.25) is 5.91 Å². The molecule has 0 spiro atoms. The molecule has 0 radical (unpaired) electrons. The van der Waals surface area contributed by atoms with E-state index in [1.165, 1.54) is 0 Å². The molecule has 1 aliphatic heterocycles. The van der Waals surface area contributed by atoms with Crippen molar-refractivity contribution in [2.24, 2.45) is 5.92 Å². The summed E-state index contributed by atoms with van der Waals surface area (Å²) in [4.78, 5) is 32.2. The lowest BCUT2D eigenvalue weighted by Gasteiger charge is -2.43. The number of anilines is 1. The van der Waals surface area contributed by atoms with Gasteiger partial charge in [0.1, 0.15) is 11.5 Å². The largest absolute Gasteiger partial charge is 0.379 e. The summed E-state index contributed by atoms with van der Waals surface area (Å²) in [5.41, 5.74) is 1.45. The Morgan fingerprint density at radius 2 is 1.79 bits per heavy atom. The van der Waals surface area contributed by atoms with E-state index in [0.717, 1.165) is 55.6 Å². The SMILES string of the molecule is O=C(Nc1cc2cc(-c3cnccn3)ncc2cn1)C1CC(N2CCOCC2)C1. The summed E-state index contributed by atoms with van der Waals surface area (Å²) in [6, 6.07) is 4.32. The van der Waals surface area contributed by atoms with Gasteiger partial charge in [-0.25, -0.2) is 4.98 Å². The summed E-state index contributed by atoms with van der Waals surface area (Å²) < 4.78 is 5.40. The van der Waals surface area contributed by atoms with Crippen molar-refractivity contribution in [2.45, 2.75) is 18.9 Å². The molecule has 1 aliphatic carbocycles. The number of fused-ring (bicyclic) bond motifs is 1. The molecule has 1 amide bonds. The molecule has 1 saturated carbocycles. The number of carbonyl (C=O) groups is 1. The lowest BCUT2D eigenvalue weighted by molar-refractivity contribution is -0.125. The number of pyridine rings is 2. The van der Waals surface area contributed by atoms with Crippen molar-refractivity contribution in [3.63, 3.8) is 0 Å². The number of hydrogen-bond donors (Lipinski definition) is 1. The Morgan fingerprint density at radius 1 is 0.966 bits per heavy atom. The van der Waals surface area contributed by atoms with Crippen molar-refractivity contribution in [3.05, 3.63) is 43.1 Å². The summed E-state index contributed by atoms with van der Waals surface area (Å²) in [6.45, 7) is 3.51. The Balaban J connectivity index is 1.26. The van der Waals surface area contributed by atoms with E-state index in [2.05, 4.69) is 30.2 Å². The number of carbonyl (C=O) groups excluding carboxylic acids is 1. The first-order valence-corrected chi connectivity index (χ1v) is 9.91.